The average molecular weight is 118 g/mol. The average Bonchev–Trinajstić information content (AvgIpc) is 2.14. The Morgan fingerprint density at radius 3 is 3.00 bits per heavy atom. The zero-order chi connectivity index (χ0) is 5.11. The van der Waals surface area contributed by atoms with Gasteiger partial charge in [0.05, 0.1) is 0 Å². The molecule has 1 N–H and O–H groups in total. The van der Waals surface area contributed by atoms with Crippen LogP contribution in [0.3, 0.4) is 0 Å². The van der Waals surface area contributed by atoms with Gasteiger partial charge in [0.25, 0.3) is 0 Å². The third-order valence-corrected chi connectivity index (χ3v) is 2.04. The Kier molecular flexibility index (Phi) is 1.97. The molecule has 1 saturated heterocycles. The van der Waals surface area contributed by atoms with Crippen molar-refractivity contribution >= 4 is 12.1 Å². The minimum Gasteiger partial charge on any atom is -0.249 e. The van der Waals surface area contributed by atoms with Crippen LogP contribution >= 0.6 is 12.1 Å². The number of nitrogens with one attached hydrogen (secondary N) is 1. The summed E-state index contributed by atoms with van der Waals surface area (Å²) in [4.78, 5) is 0. The van der Waals surface area contributed by atoms with Gasteiger partial charge in [-0.25, -0.2) is 9.03 Å². The lowest BCUT2D eigenvalue weighted by Gasteiger charge is -2.05. The van der Waals surface area contributed by atoms with Crippen molar-refractivity contribution in [3.63, 3.8) is 0 Å². The van der Waals surface area contributed by atoms with Gasteiger partial charge < -0.3 is 0 Å². The van der Waals surface area contributed by atoms with Crippen molar-refractivity contribution < 1.29 is 0 Å². The molecule has 0 spiro atoms. The van der Waals surface area contributed by atoms with E-state index in [2.05, 4.69) is 16.0 Å². The maximum Gasteiger partial charge on any atom is 0.0236 e. The van der Waals surface area contributed by atoms with Gasteiger partial charge in [0.2, 0.25) is 0 Å². The molecule has 0 radical (unpaired) electrons. The van der Waals surface area contributed by atoms with E-state index < -0.39 is 0 Å². The fourth-order valence-electron chi connectivity index (χ4n) is 0.576. The first-order chi connectivity index (χ1) is 3.43. The Morgan fingerprint density at radius 2 is 2.71 bits per heavy atom. The molecule has 0 saturated carbocycles. The van der Waals surface area contributed by atoms with Crippen LogP contribution in [0.4, 0.5) is 0 Å². The molecule has 1 heterocycles. The SMILES string of the molecule is CCN1CCNS1. The van der Waals surface area contributed by atoms with Gasteiger partial charge in [-0.05, 0) is 0 Å². The predicted molar refractivity (Wildman–Crippen MR) is 32.8 cm³/mol. The molecule has 7 heavy (non-hydrogen) atoms. The van der Waals surface area contributed by atoms with Gasteiger partial charge in [0, 0.05) is 31.8 Å². The molecule has 1 aliphatic heterocycles. The highest BCUT2D eigenvalue weighted by molar-refractivity contribution is 7.95. The molecule has 2 nitrogen and oxygen atoms in total. The van der Waals surface area contributed by atoms with Crippen molar-refractivity contribution in [2.24, 2.45) is 0 Å². The summed E-state index contributed by atoms with van der Waals surface area (Å²) in [6.07, 6.45) is 0. The normalized spacial score (nSPS) is 23.6. The number of hydrogen-bond donors (Lipinski definition) is 1. The van der Waals surface area contributed by atoms with Crippen LogP contribution in [0.25, 0.3) is 0 Å². The molecule has 0 aromatic heterocycles. The van der Waals surface area contributed by atoms with Crippen LogP contribution in [0.5, 0.6) is 0 Å². The van der Waals surface area contributed by atoms with Gasteiger partial charge in [-0.3, -0.25) is 0 Å². The first kappa shape index (κ1) is 5.41. The minimum absolute atomic E-state index is 1.14. The van der Waals surface area contributed by atoms with Gasteiger partial charge in [-0.15, -0.1) is 0 Å². The van der Waals surface area contributed by atoms with Crippen molar-refractivity contribution in [2.75, 3.05) is 19.6 Å². The monoisotopic (exact) mass is 118 g/mol. The van der Waals surface area contributed by atoms with E-state index in [1.807, 2.05) is 0 Å². The summed E-state index contributed by atoms with van der Waals surface area (Å²) in [6.45, 7) is 5.65. The molecule has 1 rings (SSSR count). The Hall–Kier alpha value is 0.270. The van der Waals surface area contributed by atoms with Crippen LogP contribution in [-0.2, 0) is 0 Å². The summed E-state index contributed by atoms with van der Waals surface area (Å²) in [6, 6.07) is 0. The Morgan fingerprint density at radius 1 is 1.86 bits per heavy atom. The molecule has 3 heteroatoms. The maximum absolute atomic E-state index is 3.17. The van der Waals surface area contributed by atoms with Crippen molar-refractivity contribution in [3.05, 3.63) is 0 Å². The van der Waals surface area contributed by atoms with E-state index in [-0.39, 0.29) is 0 Å². The Labute approximate surface area is 48.5 Å². The van der Waals surface area contributed by atoms with Crippen LogP contribution < -0.4 is 4.72 Å². The molecule has 0 aromatic carbocycles. The fraction of sp³-hybridized carbons (Fsp3) is 1.00. The standard InChI is InChI=1S/C4H10N2S/c1-2-6-4-3-5-7-6/h5H,2-4H2,1H3. The summed E-state index contributed by atoms with van der Waals surface area (Å²) in [5.41, 5.74) is 0. The second kappa shape index (κ2) is 2.55. The Balaban J connectivity index is 2.14. The number of hydrogen-bond acceptors (Lipinski definition) is 3. The van der Waals surface area contributed by atoms with E-state index in [9.17, 15) is 0 Å². The van der Waals surface area contributed by atoms with E-state index in [1.54, 1.807) is 12.1 Å². The third kappa shape index (κ3) is 1.33. The summed E-state index contributed by atoms with van der Waals surface area (Å²) in [5.74, 6) is 0. The van der Waals surface area contributed by atoms with E-state index in [1.165, 1.54) is 6.54 Å². The number of rotatable bonds is 1. The summed E-state index contributed by atoms with van der Waals surface area (Å²) in [7, 11) is 0. The topological polar surface area (TPSA) is 15.3 Å². The van der Waals surface area contributed by atoms with Crippen LogP contribution in [0.1, 0.15) is 6.92 Å². The van der Waals surface area contributed by atoms with Crippen LogP contribution in [0, 0.1) is 0 Å². The molecule has 1 fully saturated rings. The zero-order valence-corrected chi connectivity index (χ0v) is 5.29. The summed E-state index contributed by atoms with van der Waals surface area (Å²) < 4.78 is 5.46. The van der Waals surface area contributed by atoms with Crippen molar-refractivity contribution in [2.45, 2.75) is 6.92 Å². The van der Waals surface area contributed by atoms with Gasteiger partial charge in [0.1, 0.15) is 0 Å². The highest BCUT2D eigenvalue weighted by atomic mass is 32.2. The van der Waals surface area contributed by atoms with Gasteiger partial charge >= 0.3 is 0 Å². The number of nitrogens with zero attached hydrogens (tertiary/aromatic N) is 1. The third-order valence-electron chi connectivity index (χ3n) is 1.01. The molecule has 0 aliphatic carbocycles. The maximum atomic E-state index is 3.17. The molecular formula is C4H10N2S. The van der Waals surface area contributed by atoms with Crippen LogP contribution in [0.2, 0.25) is 0 Å². The smallest absolute Gasteiger partial charge is 0.0236 e. The van der Waals surface area contributed by atoms with Crippen molar-refractivity contribution in [3.8, 4) is 0 Å². The number of likely N-dealkylation sites (N-methyl/N-ethyl adjacent to an activating group) is 1. The van der Waals surface area contributed by atoms with E-state index >= 15 is 0 Å². The Bertz CT molecular complexity index is 51.7. The second-order valence-electron chi connectivity index (χ2n) is 1.51. The lowest BCUT2D eigenvalue weighted by Crippen LogP contribution is -2.10. The van der Waals surface area contributed by atoms with Crippen molar-refractivity contribution in [1.29, 1.82) is 0 Å². The van der Waals surface area contributed by atoms with Crippen LogP contribution in [0.15, 0.2) is 0 Å². The first-order valence-corrected chi connectivity index (χ1v) is 3.35. The lowest BCUT2D eigenvalue weighted by molar-refractivity contribution is 0.535. The molecule has 0 unspecified atom stereocenters. The highest BCUT2D eigenvalue weighted by Gasteiger charge is 2.07. The zero-order valence-electron chi connectivity index (χ0n) is 4.48. The molecule has 0 bridgehead atoms. The van der Waals surface area contributed by atoms with E-state index in [4.69, 9.17) is 0 Å². The summed E-state index contributed by atoms with van der Waals surface area (Å²) in [5, 5.41) is 0. The quantitative estimate of drug-likeness (QED) is 0.504. The molecule has 0 aromatic rings. The van der Waals surface area contributed by atoms with Gasteiger partial charge in [0.15, 0.2) is 0 Å². The predicted octanol–water partition coefficient (Wildman–Crippen LogP) is 0.475. The molecular weight excluding hydrogens is 108 g/mol. The lowest BCUT2D eigenvalue weighted by atomic mass is 10.6. The summed E-state index contributed by atoms with van der Waals surface area (Å²) >= 11 is 1.73. The molecule has 0 amide bonds. The van der Waals surface area contributed by atoms with E-state index in [0.717, 1.165) is 13.1 Å². The van der Waals surface area contributed by atoms with Crippen LogP contribution in [-0.4, -0.2) is 23.9 Å². The van der Waals surface area contributed by atoms with Crippen molar-refractivity contribution in [1.82, 2.24) is 9.03 Å². The second-order valence-corrected chi connectivity index (χ2v) is 2.49. The first-order valence-electron chi connectivity index (χ1n) is 2.58. The highest BCUT2D eigenvalue weighted by Crippen LogP contribution is 2.08. The largest absolute Gasteiger partial charge is 0.249 e. The fourth-order valence-corrected chi connectivity index (χ4v) is 1.25. The molecule has 1 aliphatic rings. The van der Waals surface area contributed by atoms with Gasteiger partial charge in [-0.1, -0.05) is 6.92 Å². The molecule has 42 valence electrons. The van der Waals surface area contributed by atoms with E-state index in [0.29, 0.717) is 0 Å². The van der Waals surface area contributed by atoms with Gasteiger partial charge in [-0.2, -0.15) is 0 Å². The minimum atomic E-state index is 1.14. The molecule has 0 atom stereocenters.